The number of anilines is 1. The molecule has 3 rings (SSSR count). The number of amides is 2. The van der Waals surface area contributed by atoms with Crippen LogP contribution in [0.2, 0.25) is 0 Å². The van der Waals surface area contributed by atoms with Crippen LogP contribution in [0.25, 0.3) is 0 Å². The molecule has 2 amide bonds. The van der Waals surface area contributed by atoms with Crippen molar-refractivity contribution in [2.24, 2.45) is 0 Å². The monoisotopic (exact) mass is 425 g/mol. The highest BCUT2D eigenvalue weighted by atomic mass is 32.1. The van der Waals surface area contributed by atoms with Gasteiger partial charge in [0, 0.05) is 12.6 Å². The molecule has 2 aromatic heterocycles. The molecule has 0 aliphatic carbocycles. The molecule has 2 heterocycles. The van der Waals surface area contributed by atoms with Gasteiger partial charge in [-0.05, 0) is 49.3 Å². The Morgan fingerprint density at radius 2 is 1.77 bits per heavy atom. The first kappa shape index (κ1) is 21.8. The summed E-state index contributed by atoms with van der Waals surface area (Å²) < 4.78 is 5.09. The van der Waals surface area contributed by atoms with E-state index in [1.54, 1.807) is 24.3 Å². The maximum atomic E-state index is 12.7. The Morgan fingerprint density at radius 1 is 1.00 bits per heavy atom. The molecule has 2 N–H and O–H groups in total. The van der Waals surface area contributed by atoms with Gasteiger partial charge < -0.3 is 15.1 Å². The number of hydrogen-bond donors (Lipinski definition) is 2. The van der Waals surface area contributed by atoms with Crippen LogP contribution < -0.4 is 10.6 Å². The van der Waals surface area contributed by atoms with Gasteiger partial charge in [0.05, 0.1) is 16.1 Å². The third-order valence-corrected chi connectivity index (χ3v) is 5.95. The third-order valence-electron chi connectivity index (χ3n) is 4.95. The fourth-order valence-corrected chi connectivity index (χ4v) is 4.18. The minimum atomic E-state index is -0.335. The van der Waals surface area contributed by atoms with Crippen LogP contribution >= 0.6 is 11.3 Å². The summed E-state index contributed by atoms with van der Waals surface area (Å²) in [7, 11) is 0. The van der Waals surface area contributed by atoms with Crippen LogP contribution in [0.3, 0.4) is 0 Å². The number of nitrogens with one attached hydrogen (secondary N) is 2. The quantitative estimate of drug-likeness (QED) is 0.509. The average molecular weight is 426 g/mol. The van der Waals surface area contributed by atoms with Crippen LogP contribution in [0.15, 0.2) is 65.3 Å². The van der Waals surface area contributed by atoms with Gasteiger partial charge in [-0.3, -0.25) is 14.5 Å². The second-order valence-corrected chi connectivity index (χ2v) is 7.95. The molecule has 158 valence electrons. The lowest BCUT2D eigenvalue weighted by atomic mass is 10.0. The Kier molecular flexibility index (Phi) is 7.82. The number of hydrogen-bond acceptors (Lipinski definition) is 5. The number of furan rings is 1. The number of thiophene rings is 1. The molecule has 1 atom stereocenters. The zero-order valence-electron chi connectivity index (χ0n) is 17.3. The summed E-state index contributed by atoms with van der Waals surface area (Å²) in [5.41, 5.74) is 1.25. The van der Waals surface area contributed by atoms with E-state index in [2.05, 4.69) is 41.5 Å². The van der Waals surface area contributed by atoms with E-state index >= 15 is 0 Å². The number of benzene rings is 1. The zero-order valence-corrected chi connectivity index (χ0v) is 18.1. The summed E-state index contributed by atoms with van der Waals surface area (Å²) in [6, 6.07) is 17.2. The summed E-state index contributed by atoms with van der Waals surface area (Å²) in [5, 5.41) is 6.42. The normalized spacial score (nSPS) is 12.0. The number of carbonyl (C=O) groups excluding carboxylic acids is 2. The largest absolute Gasteiger partial charge is 0.459 e. The molecule has 30 heavy (non-hydrogen) atoms. The van der Waals surface area contributed by atoms with Crippen molar-refractivity contribution in [3.63, 3.8) is 0 Å². The van der Waals surface area contributed by atoms with Crippen molar-refractivity contribution in [2.45, 2.75) is 26.3 Å². The van der Waals surface area contributed by atoms with E-state index in [4.69, 9.17) is 4.42 Å². The van der Waals surface area contributed by atoms with Gasteiger partial charge in [0.2, 0.25) is 0 Å². The van der Waals surface area contributed by atoms with Crippen molar-refractivity contribution in [3.05, 3.63) is 77.1 Å². The summed E-state index contributed by atoms with van der Waals surface area (Å²) >= 11 is 1.24. The van der Waals surface area contributed by atoms with Crippen molar-refractivity contribution < 1.29 is 14.0 Å². The van der Waals surface area contributed by atoms with Gasteiger partial charge in [-0.25, -0.2) is 0 Å². The molecule has 0 bridgehead atoms. The molecule has 0 aliphatic heterocycles. The summed E-state index contributed by atoms with van der Waals surface area (Å²) in [6.07, 6.45) is 2.32. The molecule has 0 radical (unpaired) electrons. The van der Waals surface area contributed by atoms with Crippen LogP contribution in [0.1, 0.15) is 39.6 Å². The van der Waals surface area contributed by atoms with Crippen molar-refractivity contribution in [3.8, 4) is 0 Å². The first-order chi connectivity index (χ1) is 14.6. The highest BCUT2D eigenvalue weighted by molar-refractivity contribution is 7.18. The summed E-state index contributed by atoms with van der Waals surface area (Å²) in [4.78, 5) is 27.7. The van der Waals surface area contributed by atoms with Gasteiger partial charge in [-0.1, -0.05) is 44.2 Å². The van der Waals surface area contributed by atoms with Crippen molar-refractivity contribution in [1.82, 2.24) is 10.2 Å². The van der Waals surface area contributed by atoms with E-state index in [0.717, 1.165) is 19.5 Å². The summed E-state index contributed by atoms with van der Waals surface area (Å²) in [5.74, 6) is -0.237. The van der Waals surface area contributed by atoms with Crippen LogP contribution in [0, 0.1) is 0 Å². The maximum Gasteiger partial charge on any atom is 0.291 e. The molecule has 3 aromatic rings. The van der Waals surface area contributed by atoms with Crippen molar-refractivity contribution in [2.75, 3.05) is 25.0 Å². The lowest BCUT2D eigenvalue weighted by Gasteiger charge is -2.30. The minimum absolute atomic E-state index is 0.135. The standard InChI is InChI=1S/C23H27N3O3S/c1-3-26(4-2)18(15-17-9-6-5-7-10-17)16-24-23(28)20-12-13-21(30-20)25-22(27)19-11-8-14-29-19/h5-14,18H,3-4,15-16H2,1-2H3,(H,24,28)(H,25,27). The molecular formula is C23H27N3O3S. The average Bonchev–Trinajstić information content (AvgIpc) is 3.45. The molecule has 0 aliphatic rings. The van der Waals surface area contributed by atoms with Gasteiger partial charge in [-0.2, -0.15) is 0 Å². The van der Waals surface area contributed by atoms with E-state index in [-0.39, 0.29) is 23.6 Å². The van der Waals surface area contributed by atoms with Gasteiger partial charge in [-0.15, -0.1) is 11.3 Å². The molecule has 6 nitrogen and oxygen atoms in total. The lowest BCUT2D eigenvalue weighted by Crippen LogP contribution is -2.45. The Morgan fingerprint density at radius 3 is 2.43 bits per heavy atom. The molecule has 0 spiro atoms. The predicted molar refractivity (Wildman–Crippen MR) is 120 cm³/mol. The van der Waals surface area contributed by atoms with Gasteiger partial charge in [0.15, 0.2) is 5.76 Å². The Labute approximate surface area is 180 Å². The molecule has 1 unspecified atom stereocenters. The minimum Gasteiger partial charge on any atom is -0.459 e. The van der Waals surface area contributed by atoms with E-state index < -0.39 is 0 Å². The first-order valence-electron chi connectivity index (χ1n) is 10.1. The highest BCUT2D eigenvalue weighted by Gasteiger charge is 2.19. The van der Waals surface area contributed by atoms with E-state index in [1.807, 2.05) is 18.2 Å². The topological polar surface area (TPSA) is 74.6 Å². The van der Waals surface area contributed by atoms with E-state index in [1.165, 1.54) is 23.2 Å². The number of rotatable bonds is 10. The Hall–Kier alpha value is -2.90. The van der Waals surface area contributed by atoms with E-state index in [9.17, 15) is 9.59 Å². The molecule has 7 heteroatoms. The zero-order chi connectivity index (χ0) is 21.3. The number of likely N-dealkylation sites (N-methyl/N-ethyl adjacent to an activating group) is 1. The number of nitrogens with zero attached hydrogens (tertiary/aromatic N) is 1. The Bertz CT molecular complexity index is 934. The SMILES string of the molecule is CCN(CC)C(CNC(=O)c1ccc(NC(=O)c2ccco2)s1)Cc1ccccc1. The second kappa shape index (κ2) is 10.8. The van der Waals surface area contributed by atoms with Crippen LogP contribution in [-0.2, 0) is 6.42 Å². The Balaban J connectivity index is 1.59. The lowest BCUT2D eigenvalue weighted by molar-refractivity contribution is 0.0937. The van der Waals surface area contributed by atoms with Crippen LogP contribution in [0.4, 0.5) is 5.00 Å². The van der Waals surface area contributed by atoms with Gasteiger partial charge in [0.25, 0.3) is 11.8 Å². The highest BCUT2D eigenvalue weighted by Crippen LogP contribution is 2.22. The van der Waals surface area contributed by atoms with Crippen molar-refractivity contribution in [1.29, 1.82) is 0 Å². The van der Waals surface area contributed by atoms with Gasteiger partial charge in [0.1, 0.15) is 0 Å². The fourth-order valence-electron chi connectivity index (χ4n) is 3.36. The van der Waals surface area contributed by atoms with Gasteiger partial charge >= 0.3 is 0 Å². The maximum absolute atomic E-state index is 12.7. The molecule has 1 aromatic carbocycles. The third kappa shape index (κ3) is 5.81. The molecule has 0 saturated carbocycles. The molecule has 0 saturated heterocycles. The van der Waals surface area contributed by atoms with Crippen molar-refractivity contribution >= 4 is 28.2 Å². The molecular weight excluding hydrogens is 398 g/mol. The van der Waals surface area contributed by atoms with Crippen LogP contribution in [0.5, 0.6) is 0 Å². The predicted octanol–water partition coefficient (Wildman–Crippen LogP) is 4.28. The summed E-state index contributed by atoms with van der Waals surface area (Å²) in [6.45, 7) is 6.67. The molecule has 0 fully saturated rings. The second-order valence-electron chi connectivity index (χ2n) is 6.87. The van der Waals surface area contributed by atoms with Crippen LogP contribution in [-0.4, -0.2) is 42.4 Å². The smallest absolute Gasteiger partial charge is 0.291 e. The first-order valence-corrected chi connectivity index (χ1v) is 10.9. The van der Waals surface area contributed by atoms with E-state index in [0.29, 0.717) is 16.4 Å². The fraction of sp³-hybridized carbons (Fsp3) is 0.304. The number of carbonyl (C=O) groups is 2.